The average molecular weight is 504 g/mol. The molecule has 1 fully saturated rings. The normalized spacial score (nSPS) is 17.5. The summed E-state index contributed by atoms with van der Waals surface area (Å²) in [7, 11) is 1.42. The van der Waals surface area contributed by atoms with Crippen LogP contribution >= 0.6 is 34.5 Å². The molecule has 1 aliphatic rings. The minimum atomic E-state index is -0.817. The number of carbonyl (C=O) groups excluding carboxylic acids is 2. The van der Waals surface area contributed by atoms with Crippen molar-refractivity contribution in [1.82, 2.24) is 0 Å². The maximum absolute atomic E-state index is 13.2. The number of anilines is 1. The molecule has 1 N–H and O–H groups in total. The van der Waals surface area contributed by atoms with Crippen molar-refractivity contribution in [1.29, 1.82) is 0 Å². The fourth-order valence-corrected chi connectivity index (χ4v) is 5.20. The van der Waals surface area contributed by atoms with E-state index in [4.69, 9.17) is 32.7 Å². The number of Topliss-reactive ketones (excluding diaryl/α,β-unsaturated/α-hetero) is 1. The fraction of sp³-hybridized carbons (Fsp3) is 0.167. The van der Waals surface area contributed by atoms with Crippen LogP contribution in [-0.4, -0.2) is 30.5 Å². The summed E-state index contributed by atoms with van der Waals surface area (Å²) in [6, 6.07) is 12.6. The second-order valence-electron chi connectivity index (χ2n) is 7.08. The Bertz CT molecular complexity index is 1220. The number of ether oxygens (including phenoxy) is 2. The van der Waals surface area contributed by atoms with Crippen molar-refractivity contribution in [3.63, 3.8) is 0 Å². The number of carbonyl (C=O) groups is 2. The number of aliphatic hydroxyl groups excluding tert-OH is 1. The van der Waals surface area contributed by atoms with Gasteiger partial charge in [-0.2, -0.15) is 0 Å². The van der Waals surface area contributed by atoms with Gasteiger partial charge >= 0.3 is 0 Å². The number of nitrogens with zero attached hydrogens (tertiary/aromatic N) is 1. The lowest BCUT2D eigenvalue weighted by atomic mass is 9.99. The van der Waals surface area contributed by atoms with Gasteiger partial charge in [0.15, 0.2) is 5.75 Å². The molecule has 0 saturated carbocycles. The molecule has 9 heteroatoms. The van der Waals surface area contributed by atoms with E-state index in [1.807, 2.05) is 24.4 Å². The lowest BCUT2D eigenvalue weighted by Gasteiger charge is -2.24. The quantitative estimate of drug-likeness (QED) is 0.250. The third-order valence-electron chi connectivity index (χ3n) is 5.16. The van der Waals surface area contributed by atoms with Crippen LogP contribution < -0.4 is 14.4 Å². The molecule has 1 unspecified atom stereocenters. The van der Waals surface area contributed by atoms with E-state index >= 15 is 0 Å². The molecule has 0 aliphatic carbocycles. The van der Waals surface area contributed by atoms with E-state index in [1.54, 1.807) is 24.3 Å². The first-order valence-electron chi connectivity index (χ1n) is 9.98. The van der Waals surface area contributed by atoms with Gasteiger partial charge in [-0.3, -0.25) is 14.5 Å². The second kappa shape index (κ2) is 9.47. The van der Waals surface area contributed by atoms with Crippen molar-refractivity contribution in [2.45, 2.75) is 13.0 Å². The standard InChI is InChI=1S/C24H19Cl2NO5S/c1-3-32-15-8-6-14(7-9-15)27-20(18-5-4-10-33-18)19(22(29)24(27)30)21(28)13-11-16(25)23(31-2)17(26)12-13/h4-12,20,28H,3H2,1-2H3/b21-19-. The summed E-state index contributed by atoms with van der Waals surface area (Å²) in [6.45, 7) is 2.38. The van der Waals surface area contributed by atoms with Crippen molar-refractivity contribution < 1.29 is 24.2 Å². The summed E-state index contributed by atoms with van der Waals surface area (Å²) in [6.07, 6.45) is 0. The number of methoxy groups -OCH3 is 1. The first-order valence-corrected chi connectivity index (χ1v) is 11.6. The molecule has 1 aliphatic heterocycles. The Hall–Kier alpha value is -3.00. The first-order chi connectivity index (χ1) is 15.9. The Morgan fingerprint density at radius 1 is 1.12 bits per heavy atom. The SMILES string of the molecule is CCOc1ccc(N2C(=O)C(=O)/C(=C(\O)c3cc(Cl)c(OC)c(Cl)c3)C2c2cccs2)cc1. The third kappa shape index (κ3) is 4.19. The third-order valence-corrected chi connectivity index (χ3v) is 6.65. The predicted molar refractivity (Wildman–Crippen MR) is 130 cm³/mol. The van der Waals surface area contributed by atoms with E-state index in [-0.39, 0.29) is 32.7 Å². The van der Waals surface area contributed by atoms with Crippen molar-refractivity contribution >= 4 is 57.7 Å². The number of rotatable bonds is 6. The molecule has 0 spiro atoms. The number of aliphatic hydroxyl groups is 1. The van der Waals surface area contributed by atoms with Gasteiger partial charge in [0.2, 0.25) is 0 Å². The lowest BCUT2D eigenvalue weighted by molar-refractivity contribution is -0.132. The van der Waals surface area contributed by atoms with Crippen LogP contribution in [0.5, 0.6) is 11.5 Å². The smallest absolute Gasteiger partial charge is 0.300 e. The van der Waals surface area contributed by atoms with Crippen LogP contribution in [0.25, 0.3) is 5.76 Å². The summed E-state index contributed by atoms with van der Waals surface area (Å²) in [5, 5.41) is 13.4. The topological polar surface area (TPSA) is 76.1 Å². The highest BCUT2D eigenvalue weighted by molar-refractivity contribution is 7.10. The van der Waals surface area contributed by atoms with Crippen molar-refractivity contribution in [3.05, 3.63) is 80.0 Å². The highest BCUT2D eigenvalue weighted by atomic mass is 35.5. The monoisotopic (exact) mass is 503 g/mol. The number of hydrogen-bond acceptors (Lipinski definition) is 6. The summed E-state index contributed by atoms with van der Waals surface area (Å²) in [4.78, 5) is 28.4. The van der Waals surface area contributed by atoms with E-state index < -0.39 is 17.7 Å². The molecule has 6 nitrogen and oxygen atoms in total. The van der Waals surface area contributed by atoms with E-state index in [1.165, 1.54) is 35.5 Å². The number of amides is 1. The summed E-state index contributed by atoms with van der Waals surface area (Å²) in [5.74, 6) is -1.02. The molecular weight excluding hydrogens is 485 g/mol. The van der Waals surface area contributed by atoms with Crippen LogP contribution in [0, 0.1) is 0 Å². The number of halogens is 2. The highest BCUT2D eigenvalue weighted by Crippen LogP contribution is 2.45. The summed E-state index contributed by atoms with van der Waals surface area (Å²) < 4.78 is 10.6. The molecule has 1 amide bonds. The molecule has 4 rings (SSSR count). The van der Waals surface area contributed by atoms with Crippen molar-refractivity contribution in [3.8, 4) is 11.5 Å². The Labute approximate surface area is 204 Å². The zero-order chi connectivity index (χ0) is 23.7. The van der Waals surface area contributed by atoms with Gasteiger partial charge in [-0.05, 0) is 54.8 Å². The van der Waals surface area contributed by atoms with E-state index in [0.717, 1.165) is 4.88 Å². The minimum Gasteiger partial charge on any atom is -0.507 e. The molecule has 2 heterocycles. The Morgan fingerprint density at radius 2 is 1.79 bits per heavy atom. The maximum atomic E-state index is 13.2. The van der Waals surface area contributed by atoms with Crippen molar-refractivity contribution in [2.75, 3.05) is 18.6 Å². The fourth-order valence-electron chi connectivity index (χ4n) is 3.73. The molecule has 33 heavy (non-hydrogen) atoms. The molecule has 3 aromatic rings. The van der Waals surface area contributed by atoms with Gasteiger partial charge in [0, 0.05) is 16.1 Å². The van der Waals surface area contributed by atoms with Gasteiger partial charge in [0.05, 0.1) is 29.3 Å². The molecule has 0 radical (unpaired) electrons. The summed E-state index contributed by atoms with van der Waals surface area (Å²) in [5.41, 5.74) is 0.662. The Balaban J connectivity index is 1.87. The maximum Gasteiger partial charge on any atom is 0.300 e. The lowest BCUT2D eigenvalue weighted by Crippen LogP contribution is -2.29. The van der Waals surface area contributed by atoms with Crippen LogP contribution in [0.15, 0.2) is 59.5 Å². The van der Waals surface area contributed by atoms with Crippen LogP contribution in [0.4, 0.5) is 5.69 Å². The highest BCUT2D eigenvalue weighted by Gasteiger charge is 2.47. The van der Waals surface area contributed by atoms with Gasteiger partial charge in [0.1, 0.15) is 17.6 Å². The zero-order valence-corrected chi connectivity index (χ0v) is 20.0. The zero-order valence-electron chi connectivity index (χ0n) is 17.7. The van der Waals surface area contributed by atoms with Gasteiger partial charge in [-0.25, -0.2) is 0 Å². The van der Waals surface area contributed by atoms with E-state index in [0.29, 0.717) is 18.0 Å². The van der Waals surface area contributed by atoms with Crippen LogP contribution in [0.1, 0.15) is 23.4 Å². The molecular formula is C24H19Cl2NO5S. The average Bonchev–Trinajstić information content (AvgIpc) is 3.41. The molecule has 170 valence electrons. The molecule has 2 aromatic carbocycles. The summed E-state index contributed by atoms with van der Waals surface area (Å²) >= 11 is 13.8. The van der Waals surface area contributed by atoms with Crippen LogP contribution in [0.3, 0.4) is 0 Å². The molecule has 1 aromatic heterocycles. The first kappa shape index (κ1) is 23.2. The molecule has 0 bridgehead atoms. The van der Waals surface area contributed by atoms with Gasteiger partial charge in [-0.15, -0.1) is 11.3 Å². The Morgan fingerprint density at radius 3 is 2.33 bits per heavy atom. The van der Waals surface area contributed by atoms with Crippen LogP contribution in [0.2, 0.25) is 10.0 Å². The predicted octanol–water partition coefficient (Wildman–Crippen LogP) is 6.09. The largest absolute Gasteiger partial charge is 0.507 e. The minimum absolute atomic E-state index is 0.0476. The molecule has 1 atom stereocenters. The molecule has 1 saturated heterocycles. The number of hydrogen-bond donors (Lipinski definition) is 1. The van der Waals surface area contributed by atoms with Gasteiger partial charge in [0.25, 0.3) is 11.7 Å². The number of benzene rings is 2. The van der Waals surface area contributed by atoms with E-state index in [2.05, 4.69) is 0 Å². The second-order valence-corrected chi connectivity index (χ2v) is 8.88. The van der Waals surface area contributed by atoms with Gasteiger partial charge < -0.3 is 14.6 Å². The number of thiophene rings is 1. The van der Waals surface area contributed by atoms with Crippen molar-refractivity contribution in [2.24, 2.45) is 0 Å². The number of ketones is 1. The van der Waals surface area contributed by atoms with Gasteiger partial charge in [-0.1, -0.05) is 29.3 Å². The van der Waals surface area contributed by atoms with E-state index in [9.17, 15) is 14.7 Å². The Kier molecular flexibility index (Phi) is 6.65. The van der Waals surface area contributed by atoms with Crippen LogP contribution in [-0.2, 0) is 9.59 Å².